The van der Waals surface area contributed by atoms with Gasteiger partial charge in [-0.1, -0.05) is 12.1 Å². The molecule has 0 radical (unpaired) electrons. The summed E-state index contributed by atoms with van der Waals surface area (Å²) in [5, 5.41) is 10.0. The maximum absolute atomic E-state index is 10.0. The second-order valence-corrected chi connectivity index (χ2v) is 6.17. The van der Waals surface area contributed by atoms with Gasteiger partial charge in [-0.15, -0.1) is 0 Å². The highest BCUT2D eigenvalue weighted by Crippen LogP contribution is 2.14. The number of hydrogen-bond donors (Lipinski definition) is 1. The number of benzene rings is 1. The van der Waals surface area contributed by atoms with Crippen LogP contribution in [0.1, 0.15) is 19.4 Å². The minimum absolute atomic E-state index is 0.660. The van der Waals surface area contributed by atoms with Crippen molar-refractivity contribution in [3.8, 4) is 5.75 Å². The van der Waals surface area contributed by atoms with Crippen molar-refractivity contribution >= 4 is 0 Å². The van der Waals surface area contributed by atoms with Crippen LogP contribution in [-0.4, -0.2) is 61.3 Å². The minimum Gasteiger partial charge on any atom is -0.497 e. The molecule has 1 aromatic rings. The topological polar surface area (TPSA) is 35.9 Å². The van der Waals surface area contributed by atoms with Crippen molar-refractivity contribution in [2.45, 2.75) is 26.0 Å². The van der Waals surface area contributed by atoms with Crippen LogP contribution in [0.5, 0.6) is 5.75 Å². The lowest BCUT2D eigenvalue weighted by Gasteiger charge is -2.30. The van der Waals surface area contributed by atoms with E-state index >= 15 is 0 Å². The van der Waals surface area contributed by atoms with E-state index in [1.54, 1.807) is 7.11 Å². The van der Waals surface area contributed by atoms with Gasteiger partial charge < -0.3 is 14.7 Å². The molecule has 1 N–H and O–H groups in total. The highest BCUT2D eigenvalue weighted by molar-refractivity contribution is 5.27. The molecular weight excluding hydrogens is 252 g/mol. The molecule has 1 rings (SSSR count). The van der Waals surface area contributed by atoms with Crippen LogP contribution in [0.4, 0.5) is 0 Å². The molecule has 20 heavy (non-hydrogen) atoms. The van der Waals surface area contributed by atoms with E-state index in [-0.39, 0.29) is 0 Å². The standard InChI is InChI=1S/C16H28N2O2/c1-16(2,19)13-18(11-10-17(3)4)12-14-6-8-15(20-5)9-7-14/h6-9,19H,10-13H2,1-5H3. The van der Waals surface area contributed by atoms with Crippen molar-refractivity contribution in [1.82, 2.24) is 9.80 Å². The molecule has 0 unspecified atom stereocenters. The second-order valence-electron chi connectivity index (χ2n) is 6.17. The van der Waals surface area contributed by atoms with Crippen molar-refractivity contribution < 1.29 is 9.84 Å². The highest BCUT2D eigenvalue weighted by Gasteiger charge is 2.18. The van der Waals surface area contributed by atoms with Crippen molar-refractivity contribution in [2.75, 3.05) is 40.8 Å². The summed E-state index contributed by atoms with van der Waals surface area (Å²) in [4.78, 5) is 4.44. The summed E-state index contributed by atoms with van der Waals surface area (Å²) in [5.74, 6) is 0.871. The molecule has 4 heteroatoms. The third-order valence-corrected chi connectivity index (χ3v) is 3.04. The third kappa shape index (κ3) is 6.89. The quantitative estimate of drug-likeness (QED) is 0.788. The van der Waals surface area contributed by atoms with Gasteiger partial charge in [-0.05, 0) is 45.6 Å². The number of aliphatic hydroxyl groups is 1. The van der Waals surface area contributed by atoms with E-state index in [2.05, 4.69) is 36.0 Å². The fourth-order valence-electron chi connectivity index (χ4n) is 2.09. The van der Waals surface area contributed by atoms with Gasteiger partial charge in [-0.2, -0.15) is 0 Å². The Labute approximate surface area is 123 Å². The van der Waals surface area contributed by atoms with Gasteiger partial charge in [0.15, 0.2) is 0 Å². The molecule has 0 saturated carbocycles. The van der Waals surface area contributed by atoms with Crippen LogP contribution in [0.25, 0.3) is 0 Å². The van der Waals surface area contributed by atoms with Crippen LogP contribution in [0.2, 0.25) is 0 Å². The Balaban J connectivity index is 2.66. The van der Waals surface area contributed by atoms with Crippen LogP contribution in [0.15, 0.2) is 24.3 Å². The van der Waals surface area contributed by atoms with Crippen LogP contribution in [0, 0.1) is 0 Å². The summed E-state index contributed by atoms with van der Waals surface area (Å²) in [6.07, 6.45) is 0. The number of rotatable bonds is 8. The zero-order chi connectivity index (χ0) is 15.2. The fourth-order valence-corrected chi connectivity index (χ4v) is 2.09. The van der Waals surface area contributed by atoms with Crippen molar-refractivity contribution in [3.05, 3.63) is 29.8 Å². The lowest BCUT2D eigenvalue weighted by atomic mass is 10.1. The van der Waals surface area contributed by atoms with Crippen LogP contribution in [0.3, 0.4) is 0 Å². The summed E-state index contributed by atoms with van der Waals surface area (Å²) in [6, 6.07) is 8.10. The minimum atomic E-state index is -0.682. The molecule has 0 atom stereocenters. The number of nitrogens with zero attached hydrogens (tertiary/aromatic N) is 2. The molecule has 0 aromatic heterocycles. The zero-order valence-electron chi connectivity index (χ0n) is 13.4. The molecule has 0 amide bonds. The van der Waals surface area contributed by atoms with E-state index in [0.29, 0.717) is 6.54 Å². The van der Waals surface area contributed by atoms with E-state index in [4.69, 9.17) is 4.74 Å². The number of methoxy groups -OCH3 is 1. The first kappa shape index (κ1) is 17.0. The van der Waals surface area contributed by atoms with E-state index in [9.17, 15) is 5.11 Å². The summed E-state index contributed by atoms with van der Waals surface area (Å²) < 4.78 is 5.17. The van der Waals surface area contributed by atoms with Gasteiger partial charge in [0.2, 0.25) is 0 Å². The number of likely N-dealkylation sites (N-methyl/N-ethyl adjacent to an activating group) is 1. The molecule has 0 fully saturated rings. The van der Waals surface area contributed by atoms with E-state index in [1.807, 2.05) is 26.0 Å². The Morgan fingerprint density at radius 2 is 1.70 bits per heavy atom. The Morgan fingerprint density at radius 3 is 2.15 bits per heavy atom. The summed E-state index contributed by atoms with van der Waals surface area (Å²) in [5.41, 5.74) is 0.549. The largest absolute Gasteiger partial charge is 0.497 e. The normalized spacial score (nSPS) is 12.2. The lowest BCUT2D eigenvalue weighted by Crippen LogP contribution is -2.41. The average Bonchev–Trinajstić information content (AvgIpc) is 2.35. The first-order chi connectivity index (χ1) is 9.30. The monoisotopic (exact) mass is 280 g/mol. The molecule has 4 nitrogen and oxygen atoms in total. The van der Waals surface area contributed by atoms with Gasteiger partial charge in [-0.25, -0.2) is 0 Å². The molecule has 0 aliphatic rings. The Kier molecular flexibility index (Phi) is 6.46. The number of ether oxygens (including phenoxy) is 1. The smallest absolute Gasteiger partial charge is 0.118 e. The summed E-state index contributed by atoms with van der Waals surface area (Å²) in [7, 11) is 5.80. The predicted octanol–water partition coefficient (Wildman–Crippen LogP) is 1.83. The van der Waals surface area contributed by atoms with Gasteiger partial charge >= 0.3 is 0 Å². The van der Waals surface area contributed by atoms with E-state index in [0.717, 1.165) is 25.4 Å². The van der Waals surface area contributed by atoms with Crippen LogP contribution < -0.4 is 4.74 Å². The summed E-state index contributed by atoms with van der Waals surface area (Å²) in [6.45, 7) is 7.11. The maximum Gasteiger partial charge on any atom is 0.118 e. The molecule has 0 saturated heterocycles. The summed E-state index contributed by atoms with van der Waals surface area (Å²) >= 11 is 0. The Morgan fingerprint density at radius 1 is 1.10 bits per heavy atom. The van der Waals surface area contributed by atoms with Crippen molar-refractivity contribution in [1.29, 1.82) is 0 Å². The zero-order valence-corrected chi connectivity index (χ0v) is 13.4. The molecule has 0 spiro atoms. The lowest BCUT2D eigenvalue weighted by molar-refractivity contribution is 0.0316. The van der Waals surface area contributed by atoms with Gasteiger partial charge in [0, 0.05) is 26.2 Å². The van der Waals surface area contributed by atoms with Crippen LogP contribution in [-0.2, 0) is 6.54 Å². The Bertz CT molecular complexity index is 382. The highest BCUT2D eigenvalue weighted by atomic mass is 16.5. The molecule has 0 heterocycles. The SMILES string of the molecule is COc1ccc(CN(CCN(C)C)CC(C)(C)O)cc1. The first-order valence-corrected chi connectivity index (χ1v) is 7.02. The van der Waals surface area contributed by atoms with Crippen molar-refractivity contribution in [3.63, 3.8) is 0 Å². The fraction of sp³-hybridized carbons (Fsp3) is 0.625. The van der Waals surface area contributed by atoms with E-state index < -0.39 is 5.60 Å². The van der Waals surface area contributed by atoms with Gasteiger partial charge in [0.1, 0.15) is 5.75 Å². The second kappa shape index (κ2) is 7.62. The molecule has 0 aliphatic heterocycles. The molecule has 0 bridgehead atoms. The maximum atomic E-state index is 10.0. The van der Waals surface area contributed by atoms with Gasteiger partial charge in [-0.3, -0.25) is 4.90 Å². The average molecular weight is 280 g/mol. The molecule has 0 aliphatic carbocycles. The van der Waals surface area contributed by atoms with Crippen LogP contribution >= 0.6 is 0 Å². The molecular formula is C16H28N2O2. The first-order valence-electron chi connectivity index (χ1n) is 7.02. The third-order valence-electron chi connectivity index (χ3n) is 3.04. The van der Waals surface area contributed by atoms with E-state index in [1.165, 1.54) is 5.56 Å². The van der Waals surface area contributed by atoms with Crippen molar-refractivity contribution in [2.24, 2.45) is 0 Å². The molecule has 1 aromatic carbocycles. The van der Waals surface area contributed by atoms with Gasteiger partial charge in [0.05, 0.1) is 12.7 Å². The Hall–Kier alpha value is -1.10. The predicted molar refractivity (Wildman–Crippen MR) is 83.1 cm³/mol. The molecule has 114 valence electrons. The number of hydrogen-bond acceptors (Lipinski definition) is 4. The van der Waals surface area contributed by atoms with Gasteiger partial charge in [0.25, 0.3) is 0 Å².